The van der Waals surface area contributed by atoms with E-state index >= 15 is 0 Å². The van der Waals surface area contributed by atoms with Crippen molar-refractivity contribution >= 4 is 16.9 Å². The van der Waals surface area contributed by atoms with Crippen LogP contribution in [0.25, 0.3) is 11.0 Å². The van der Waals surface area contributed by atoms with Gasteiger partial charge in [0.1, 0.15) is 11.1 Å². The molecule has 1 aromatic carbocycles. The van der Waals surface area contributed by atoms with Crippen molar-refractivity contribution in [1.82, 2.24) is 0 Å². The minimum Gasteiger partial charge on any atom is -0.461 e. The summed E-state index contributed by atoms with van der Waals surface area (Å²) in [4.78, 5) is 22.7. The SMILES string of the molecule is CCOC(=O)C(F)(F)c1cc2ccccc2oc1=O. The van der Waals surface area contributed by atoms with Crippen LogP contribution in [0.5, 0.6) is 0 Å². The normalized spacial score (nSPS) is 11.5. The Morgan fingerprint density at radius 2 is 2.05 bits per heavy atom. The van der Waals surface area contributed by atoms with Gasteiger partial charge >= 0.3 is 17.5 Å². The number of ether oxygens (including phenoxy) is 1. The van der Waals surface area contributed by atoms with E-state index in [1.807, 2.05) is 0 Å². The number of carbonyl (C=O) groups is 1. The number of fused-ring (bicyclic) bond motifs is 1. The average molecular weight is 268 g/mol. The van der Waals surface area contributed by atoms with Crippen LogP contribution < -0.4 is 5.63 Å². The first-order chi connectivity index (χ1) is 8.96. The van der Waals surface area contributed by atoms with Gasteiger partial charge in [-0.2, -0.15) is 8.78 Å². The first-order valence-electron chi connectivity index (χ1n) is 5.55. The summed E-state index contributed by atoms with van der Waals surface area (Å²) in [5, 5.41) is 0.307. The van der Waals surface area contributed by atoms with Gasteiger partial charge in [-0.25, -0.2) is 9.59 Å². The van der Waals surface area contributed by atoms with Crippen molar-refractivity contribution in [3.63, 3.8) is 0 Å². The fourth-order valence-electron chi connectivity index (χ4n) is 1.61. The number of esters is 1. The monoisotopic (exact) mass is 268 g/mol. The summed E-state index contributed by atoms with van der Waals surface area (Å²) in [6.07, 6.45) is 0. The van der Waals surface area contributed by atoms with Gasteiger partial charge in [0, 0.05) is 5.39 Å². The van der Waals surface area contributed by atoms with Crippen LogP contribution in [-0.4, -0.2) is 12.6 Å². The number of rotatable bonds is 3. The van der Waals surface area contributed by atoms with Crippen LogP contribution in [0, 0.1) is 0 Å². The molecule has 0 saturated heterocycles. The minimum absolute atomic E-state index is 0.177. The lowest BCUT2D eigenvalue weighted by molar-refractivity contribution is -0.173. The molecule has 4 nitrogen and oxygen atoms in total. The van der Waals surface area contributed by atoms with E-state index < -0.39 is 23.1 Å². The van der Waals surface area contributed by atoms with Gasteiger partial charge < -0.3 is 9.15 Å². The highest BCUT2D eigenvalue weighted by molar-refractivity contribution is 5.82. The summed E-state index contributed by atoms with van der Waals surface area (Å²) in [5.74, 6) is -5.79. The molecule has 2 rings (SSSR count). The molecule has 6 heteroatoms. The lowest BCUT2D eigenvalue weighted by Gasteiger charge is -2.13. The smallest absolute Gasteiger partial charge is 0.382 e. The Balaban J connectivity index is 2.59. The number of halogens is 2. The molecular formula is C13H10F2O4. The van der Waals surface area contributed by atoms with Gasteiger partial charge in [-0.1, -0.05) is 18.2 Å². The van der Waals surface area contributed by atoms with Gasteiger partial charge in [0.2, 0.25) is 0 Å². The highest BCUT2D eigenvalue weighted by atomic mass is 19.3. The lowest BCUT2D eigenvalue weighted by Crippen LogP contribution is -2.33. The lowest BCUT2D eigenvalue weighted by atomic mass is 10.1. The highest BCUT2D eigenvalue weighted by Crippen LogP contribution is 2.29. The van der Waals surface area contributed by atoms with Crippen molar-refractivity contribution in [3.05, 3.63) is 46.3 Å². The van der Waals surface area contributed by atoms with E-state index in [4.69, 9.17) is 4.42 Å². The number of alkyl halides is 2. The molecule has 1 heterocycles. The standard InChI is InChI=1S/C13H10F2O4/c1-2-18-12(17)13(14,15)9-7-8-5-3-4-6-10(8)19-11(9)16/h3-7H,2H2,1H3. The van der Waals surface area contributed by atoms with Crippen molar-refractivity contribution < 1.29 is 22.7 Å². The van der Waals surface area contributed by atoms with Crippen molar-refractivity contribution in [2.24, 2.45) is 0 Å². The van der Waals surface area contributed by atoms with Crippen LogP contribution in [0.2, 0.25) is 0 Å². The Hall–Kier alpha value is -2.24. The van der Waals surface area contributed by atoms with Gasteiger partial charge in [-0.3, -0.25) is 0 Å². The molecule has 0 atom stereocenters. The molecule has 100 valence electrons. The quantitative estimate of drug-likeness (QED) is 0.633. The highest BCUT2D eigenvalue weighted by Gasteiger charge is 2.45. The largest absolute Gasteiger partial charge is 0.461 e. The van der Waals surface area contributed by atoms with Crippen LogP contribution in [0.3, 0.4) is 0 Å². The molecule has 0 N–H and O–H groups in total. The number of benzene rings is 1. The van der Waals surface area contributed by atoms with Crippen LogP contribution in [0.4, 0.5) is 8.78 Å². The molecule has 0 fully saturated rings. The van der Waals surface area contributed by atoms with Crippen LogP contribution in [0.1, 0.15) is 12.5 Å². The maximum absolute atomic E-state index is 13.8. The predicted octanol–water partition coefficient (Wildman–Crippen LogP) is 2.45. The van der Waals surface area contributed by atoms with E-state index in [-0.39, 0.29) is 12.2 Å². The topological polar surface area (TPSA) is 56.5 Å². The number of hydrogen-bond donors (Lipinski definition) is 0. The molecule has 0 amide bonds. The first kappa shape index (κ1) is 13.2. The van der Waals surface area contributed by atoms with Crippen LogP contribution >= 0.6 is 0 Å². The molecule has 0 unspecified atom stereocenters. The molecule has 2 aromatic rings. The third-order valence-corrected chi connectivity index (χ3v) is 2.51. The fraction of sp³-hybridized carbons (Fsp3) is 0.231. The maximum atomic E-state index is 13.8. The Morgan fingerprint density at radius 1 is 1.37 bits per heavy atom. The number of carbonyl (C=O) groups excluding carboxylic acids is 1. The van der Waals surface area contributed by atoms with Crippen molar-refractivity contribution in [3.8, 4) is 0 Å². The predicted molar refractivity (Wildman–Crippen MR) is 63.0 cm³/mol. The number of hydrogen-bond acceptors (Lipinski definition) is 4. The third kappa shape index (κ3) is 2.33. The van der Waals surface area contributed by atoms with E-state index in [0.717, 1.165) is 6.07 Å². The second kappa shape index (κ2) is 4.79. The van der Waals surface area contributed by atoms with E-state index in [1.165, 1.54) is 19.1 Å². The van der Waals surface area contributed by atoms with Crippen molar-refractivity contribution in [2.45, 2.75) is 12.8 Å². The second-order valence-electron chi connectivity index (χ2n) is 3.78. The molecular weight excluding hydrogens is 258 g/mol. The summed E-state index contributed by atoms with van der Waals surface area (Å²) in [6.45, 7) is 1.20. The van der Waals surface area contributed by atoms with Gasteiger partial charge in [-0.05, 0) is 19.1 Å². The molecule has 0 saturated carbocycles. The molecule has 0 aliphatic heterocycles. The molecule has 0 spiro atoms. The molecule has 19 heavy (non-hydrogen) atoms. The Bertz CT molecular complexity index is 676. The molecule has 0 bridgehead atoms. The van der Waals surface area contributed by atoms with Gasteiger partial charge in [0.05, 0.1) is 6.61 Å². The van der Waals surface area contributed by atoms with Gasteiger partial charge in [-0.15, -0.1) is 0 Å². The Labute approximate surface area is 106 Å². The molecule has 0 radical (unpaired) electrons. The Morgan fingerprint density at radius 3 is 2.74 bits per heavy atom. The average Bonchev–Trinajstić information content (AvgIpc) is 2.38. The molecule has 1 aromatic heterocycles. The Kier molecular flexibility index (Phi) is 3.33. The summed E-state index contributed by atoms with van der Waals surface area (Å²) >= 11 is 0. The van der Waals surface area contributed by atoms with Crippen LogP contribution in [0.15, 0.2) is 39.5 Å². The van der Waals surface area contributed by atoms with Crippen LogP contribution in [-0.2, 0) is 15.5 Å². The zero-order valence-electron chi connectivity index (χ0n) is 9.98. The fourth-order valence-corrected chi connectivity index (χ4v) is 1.61. The molecule has 0 aliphatic rings. The molecule has 0 aliphatic carbocycles. The zero-order chi connectivity index (χ0) is 14.0. The maximum Gasteiger partial charge on any atom is 0.382 e. The summed E-state index contributed by atoms with van der Waals surface area (Å²) in [7, 11) is 0. The van der Waals surface area contributed by atoms with Crippen molar-refractivity contribution in [2.75, 3.05) is 6.61 Å². The summed E-state index contributed by atoms with van der Waals surface area (Å²) < 4.78 is 36.6. The van der Waals surface area contributed by atoms with Gasteiger partial charge in [0.25, 0.3) is 0 Å². The first-order valence-corrected chi connectivity index (χ1v) is 5.55. The minimum atomic E-state index is -4.03. The van der Waals surface area contributed by atoms with E-state index in [9.17, 15) is 18.4 Å². The second-order valence-corrected chi connectivity index (χ2v) is 3.78. The van der Waals surface area contributed by atoms with E-state index in [0.29, 0.717) is 5.39 Å². The summed E-state index contributed by atoms with van der Waals surface area (Å²) in [5.41, 5.74) is -2.10. The van der Waals surface area contributed by atoms with E-state index in [1.54, 1.807) is 12.1 Å². The zero-order valence-corrected chi connectivity index (χ0v) is 9.98. The van der Waals surface area contributed by atoms with E-state index in [2.05, 4.69) is 4.74 Å². The van der Waals surface area contributed by atoms with Gasteiger partial charge in [0.15, 0.2) is 0 Å². The van der Waals surface area contributed by atoms with Crippen molar-refractivity contribution in [1.29, 1.82) is 0 Å². The third-order valence-electron chi connectivity index (χ3n) is 2.51. The number of para-hydroxylation sites is 1. The summed E-state index contributed by atoms with van der Waals surface area (Å²) in [6, 6.07) is 7.13.